The van der Waals surface area contributed by atoms with Crippen molar-refractivity contribution in [3.63, 3.8) is 0 Å². The Morgan fingerprint density at radius 2 is 2.56 bits per heavy atom. The molecule has 0 radical (unpaired) electrons. The Morgan fingerprint density at radius 3 is 3.25 bits per heavy atom. The van der Waals surface area contributed by atoms with Crippen LogP contribution in [0.4, 0.5) is 0 Å². The van der Waals surface area contributed by atoms with Gasteiger partial charge in [-0.1, -0.05) is 0 Å². The molecule has 1 saturated heterocycles. The molecule has 2 rings (SSSR count). The number of carbonyl (C=O) groups excluding carboxylic acids is 1. The van der Waals surface area contributed by atoms with Crippen LogP contribution >= 0.6 is 0 Å². The maximum absolute atomic E-state index is 11.5. The highest BCUT2D eigenvalue weighted by Gasteiger charge is 2.14. The highest BCUT2D eigenvalue weighted by Crippen LogP contribution is 2.03. The molecule has 1 unspecified atom stereocenters. The van der Waals surface area contributed by atoms with Crippen LogP contribution < -0.4 is 10.6 Å². The number of nitrogens with one attached hydrogen (secondary N) is 2. The van der Waals surface area contributed by atoms with Crippen molar-refractivity contribution in [3.8, 4) is 0 Å². The van der Waals surface area contributed by atoms with Gasteiger partial charge in [0.05, 0.1) is 6.54 Å². The number of aryl methyl sites for hydroxylation is 1. The second-order valence-electron chi connectivity index (χ2n) is 4.01. The first-order valence-electron chi connectivity index (χ1n) is 5.67. The zero-order valence-electron chi connectivity index (χ0n) is 9.22. The van der Waals surface area contributed by atoms with Crippen LogP contribution in [0.2, 0.25) is 0 Å². The van der Waals surface area contributed by atoms with Gasteiger partial charge in [0.15, 0.2) is 0 Å². The first-order chi connectivity index (χ1) is 7.84. The maximum Gasteiger partial charge on any atom is 0.221 e. The van der Waals surface area contributed by atoms with Crippen molar-refractivity contribution >= 4 is 5.91 Å². The molecule has 1 aromatic heterocycles. The number of rotatable bonds is 5. The summed E-state index contributed by atoms with van der Waals surface area (Å²) in [4.78, 5) is 15.3. The molecule has 0 aliphatic carbocycles. The smallest absolute Gasteiger partial charge is 0.221 e. The molecular formula is C10H17N5O. The largest absolute Gasteiger partial charge is 0.354 e. The number of hydrogen-bond donors (Lipinski definition) is 2. The summed E-state index contributed by atoms with van der Waals surface area (Å²) >= 11 is 0. The van der Waals surface area contributed by atoms with Gasteiger partial charge in [-0.05, 0) is 19.4 Å². The van der Waals surface area contributed by atoms with E-state index in [1.807, 2.05) is 0 Å². The summed E-state index contributed by atoms with van der Waals surface area (Å²) in [5, 5.41) is 10.2. The van der Waals surface area contributed by atoms with Gasteiger partial charge in [-0.3, -0.25) is 9.48 Å². The predicted molar refractivity (Wildman–Crippen MR) is 58.7 cm³/mol. The Labute approximate surface area is 94.4 Å². The Kier molecular flexibility index (Phi) is 3.87. The SMILES string of the molecule is O=C(CCn1cncn1)NCC1CCCN1. The number of nitrogens with zero attached hydrogens (tertiary/aromatic N) is 3. The van der Waals surface area contributed by atoms with Crippen molar-refractivity contribution in [2.24, 2.45) is 0 Å². The molecule has 88 valence electrons. The molecule has 1 aromatic rings. The molecule has 0 saturated carbocycles. The Balaban J connectivity index is 1.60. The van der Waals surface area contributed by atoms with E-state index in [4.69, 9.17) is 0 Å². The molecule has 2 heterocycles. The number of hydrogen-bond acceptors (Lipinski definition) is 4. The van der Waals surface area contributed by atoms with Gasteiger partial charge in [0.25, 0.3) is 0 Å². The molecule has 1 aliphatic heterocycles. The van der Waals surface area contributed by atoms with E-state index >= 15 is 0 Å². The molecular weight excluding hydrogens is 206 g/mol. The standard InChI is InChI=1S/C10H17N5O/c16-10(3-5-15-8-11-7-14-15)13-6-9-2-1-4-12-9/h7-9,12H,1-6H2,(H,13,16). The third-order valence-electron chi connectivity index (χ3n) is 2.74. The van der Waals surface area contributed by atoms with Gasteiger partial charge >= 0.3 is 0 Å². The fourth-order valence-electron chi connectivity index (χ4n) is 1.82. The lowest BCUT2D eigenvalue weighted by molar-refractivity contribution is -0.121. The van der Waals surface area contributed by atoms with Crippen LogP contribution in [-0.4, -0.2) is 39.8 Å². The van der Waals surface area contributed by atoms with Crippen molar-refractivity contribution in [2.75, 3.05) is 13.1 Å². The van der Waals surface area contributed by atoms with E-state index in [0.29, 0.717) is 19.0 Å². The summed E-state index contributed by atoms with van der Waals surface area (Å²) in [7, 11) is 0. The van der Waals surface area contributed by atoms with E-state index < -0.39 is 0 Å². The molecule has 1 fully saturated rings. The Hall–Kier alpha value is -1.43. The van der Waals surface area contributed by atoms with Crippen LogP contribution in [-0.2, 0) is 11.3 Å². The Bertz CT molecular complexity index is 318. The fraction of sp³-hybridized carbons (Fsp3) is 0.700. The van der Waals surface area contributed by atoms with Gasteiger partial charge in [0.2, 0.25) is 5.91 Å². The second kappa shape index (κ2) is 5.60. The Morgan fingerprint density at radius 1 is 1.62 bits per heavy atom. The molecule has 1 aliphatic rings. The molecule has 1 amide bonds. The van der Waals surface area contributed by atoms with Gasteiger partial charge in [0, 0.05) is 19.0 Å². The summed E-state index contributed by atoms with van der Waals surface area (Å²) in [6.45, 7) is 2.39. The van der Waals surface area contributed by atoms with Crippen molar-refractivity contribution in [1.29, 1.82) is 0 Å². The summed E-state index contributed by atoms with van der Waals surface area (Å²) in [6, 6.07) is 0.454. The normalized spacial score (nSPS) is 19.9. The van der Waals surface area contributed by atoms with Gasteiger partial charge in [0.1, 0.15) is 12.7 Å². The van der Waals surface area contributed by atoms with Gasteiger partial charge < -0.3 is 10.6 Å². The third-order valence-corrected chi connectivity index (χ3v) is 2.74. The number of aromatic nitrogens is 3. The summed E-state index contributed by atoms with van der Waals surface area (Å²) in [5.41, 5.74) is 0. The maximum atomic E-state index is 11.5. The molecule has 1 atom stereocenters. The highest BCUT2D eigenvalue weighted by atomic mass is 16.1. The minimum Gasteiger partial charge on any atom is -0.354 e. The minimum atomic E-state index is 0.0733. The average molecular weight is 223 g/mol. The highest BCUT2D eigenvalue weighted by molar-refractivity contribution is 5.75. The van der Waals surface area contributed by atoms with Crippen LogP contribution in [0.25, 0.3) is 0 Å². The topological polar surface area (TPSA) is 71.8 Å². The lowest BCUT2D eigenvalue weighted by atomic mass is 10.2. The molecule has 0 aromatic carbocycles. The zero-order chi connectivity index (χ0) is 11.2. The summed E-state index contributed by atoms with van der Waals surface area (Å²) < 4.78 is 1.66. The second-order valence-corrected chi connectivity index (χ2v) is 4.01. The molecule has 6 heteroatoms. The van der Waals surface area contributed by atoms with Crippen LogP contribution in [0.5, 0.6) is 0 Å². The van der Waals surface area contributed by atoms with Gasteiger partial charge in [-0.15, -0.1) is 0 Å². The fourth-order valence-corrected chi connectivity index (χ4v) is 1.82. The van der Waals surface area contributed by atoms with Crippen LogP contribution in [0, 0.1) is 0 Å². The van der Waals surface area contributed by atoms with Crippen LogP contribution in [0.3, 0.4) is 0 Å². The van der Waals surface area contributed by atoms with Crippen molar-refractivity contribution in [3.05, 3.63) is 12.7 Å². The van der Waals surface area contributed by atoms with Crippen molar-refractivity contribution < 1.29 is 4.79 Å². The molecule has 0 spiro atoms. The predicted octanol–water partition coefficient (Wildman–Crippen LogP) is -0.464. The van der Waals surface area contributed by atoms with E-state index in [-0.39, 0.29) is 5.91 Å². The molecule has 0 bridgehead atoms. The number of carbonyl (C=O) groups is 1. The lowest BCUT2D eigenvalue weighted by Gasteiger charge is -2.11. The van der Waals surface area contributed by atoms with Crippen LogP contribution in [0.1, 0.15) is 19.3 Å². The average Bonchev–Trinajstić information content (AvgIpc) is 2.96. The minimum absolute atomic E-state index is 0.0733. The van der Waals surface area contributed by atoms with E-state index in [2.05, 4.69) is 20.7 Å². The van der Waals surface area contributed by atoms with Gasteiger partial charge in [-0.25, -0.2) is 4.98 Å². The van der Waals surface area contributed by atoms with Crippen molar-refractivity contribution in [1.82, 2.24) is 25.4 Å². The van der Waals surface area contributed by atoms with E-state index in [9.17, 15) is 4.79 Å². The third kappa shape index (κ3) is 3.30. The molecule has 2 N–H and O–H groups in total. The molecule has 16 heavy (non-hydrogen) atoms. The van der Waals surface area contributed by atoms with E-state index in [0.717, 1.165) is 19.5 Å². The van der Waals surface area contributed by atoms with Gasteiger partial charge in [-0.2, -0.15) is 5.10 Å². The van der Waals surface area contributed by atoms with E-state index in [1.54, 1.807) is 11.0 Å². The first-order valence-corrected chi connectivity index (χ1v) is 5.67. The lowest BCUT2D eigenvalue weighted by Crippen LogP contribution is -2.37. The number of amides is 1. The quantitative estimate of drug-likeness (QED) is 0.708. The van der Waals surface area contributed by atoms with E-state index in [1.165, 1.54) is 12.7 Å². The first kappa shape index (κ1) is 11.1. The van der Waals surface area contributed by atoms with Crippen LogP contribution in [0.15, 0.2) is 12.7 Å². The summed E-state index contributed by atoms with van der Waals surface area (Å²) in [6.07, 6.45) is 5.91. The van der Waals surface area contributed by atoms with Crippen molar-refractivity contribution in [2.45, 2.75) is 31.8 Å². The monoisotopic (exact) mass is 223 g/mol. The summed E-state index contributed by atoms with van der Waals surface area (Å²) in [5.74, 6) is 0.0733. The zero-order valence-corrected chi connectivity index (χ0v) is 9.22. The molecule has 6 nitrogen and oxygen atoms in total.